The number of nitrogens with zero attached hydrogens (tertiary/aromatic N) is 1. The van der Waals surface area contributed by atoms with Gasteiger partial charge < -0.3 is 15.3 Å². The van der Waals surface area contributed by atoms with E-state index < -0.39 is 35.6 Å². The molecule has 6 nitrogen and oxygen atoms in total. The van der Waals surface area contributed by atoms with Crippen LogP contribution >= 0.6 is 0 Å². The molecule has 1 atom stereocenters. The molecule has 1 unspecified atom stereocenters. The van der Waals surface area contributed by atoms with Gasteiger partial charge in [-0.1, -0.05) is 0 Å². The Labute approximate surface area is 149 Å². The maximum absolute atomic E-state index is 13.2. The van der Waals surface area contributed by atoms with E-state index in [4.69, 9.17) is 5.11 Å². The van der Waals surface area contributed by atoms with Gasteiger partial charge in [-0.15, -0.1) is 0 Å². The maximum Gasteiger partial charge on any atom is 0.306 e. The van der Waals surface area contributed by atoms with E-state index >= 15 is 0 Å². The van der Waals surface area contributed by atoms with Crippen LogP contribution in [0.1, 0.15) is 36.5 Å². The predicted molar refractivity (Wildman–Crippen MR) is 89.0 cm³/mol. The van der Waals surface area contributed by atoms with Gasteiger partial charge in [0.15, 0.2) is 0 Å². The molecule has 1 aliphatic heterocycles. The van der Waals surface area contributed by atoms with E-state index in [2.05, 4.69) is 5.32 Å². The van der Waals surface area contributed by atoms with Crippen molar-refractivity contribution in [3.8, 4) is 0 Å². The van der Waals surface area contributed by atoms with Crippen LogP contribution < -0.4 is 5.32 Å². The summed E-state index contributed by atoms with van der Waals surface area (Å²) in [4.78, 5) is 37.0. The molecule has 1 saturated carbocycles. The Kier molecular flexibility index (Phi) is 4.46. The molecule has 2 aliphatic rings. The lowest BCUT2D eigenvalue weighted by atomic mass is 9.96. The van der Waals surface area contributed by atoms with Gasteiger partial charge in [-0.3, -0.25) is 14.4 Å². The van der Waals surface area contributed by atoms with Crippen LogP contribution in [0, 0.1) is 11.3 Å². The number of hydrogen-bond acceptors (Lipinski definition) is 3. The number of likely N-dealkylation sites (tertiary alicyclic amines) is 1. The molecule has 2 N–H and O–H groups in total. The Morgan fingerprint density at radius 3 is 2.15 bits per heavy atom. The van der Waals surface area contributed by atoms with Crippen LogP contribution in [0.4, 0.5) is 14.5 Å². The maximum atomic E-state index is 13.2. The van der Waals surface area contributed by atoms with Crippen LogP contribution in [-0.2, 0) is 9.59 Å². The molecule has 1 saturated heterocycles. The Bertz CT molecular complexity index is 742. The summed E-state index contributed by atoms with van der Waals surface area (Å²) >= 11 is 0. The van der Waals surface area contributed by atoms with Gasteiger partial charge in [-0.2, -0.15) is 0 Å². The quantitative estimate of drug-likeness (QED) is 0.858. The number of aliphatic carboxylic acids is 1. The van der Waals surface area contributed by atoms with Crippen molar-refractivity contribution in [3.05, 3.63) is 29.8 Å². The smallest absolute Gasteiger partial charge is 0.306 e. The lowest BCUT2D eigenvalue weighted by Gasteiger charge is -2.30. The van der Waals surface area contributed by atoms with Crippen LogP contribution in [0.5, 0.6) is 0 Å². The summed E-state index contributed by atoms with van der Waals surface area (Å²) in [6, 6.07) is 6.04. The number of carboxylic acid groups (broad SMARTS) is 1. The van der Waals surface area contributed by atoms with E-state index in [-0.39, 0.29) is 5.91 Å². The zero-order valence-electron chi connectivity index (χ0n) is 14.3. The first-order valence-corrected chi connectivity index (χ1v) is 8.45. The highest BCUT2D eigenvalue weighted by Gasteiger charge is 2.72. The second-order valence-electron chi connectivity index (χ2n) is 7.15. The van der Waals surface area contributed by atoms with E-state index in [0.29, 0.717) is 37.2 Å². The van der Waals surface area contributed by atoms with E-state index in [1.54, 1.807) is 4.90 Å². The number of carbonyl (C=O) groups excluding carboxylic acids is 2. The van der Waals surface area contributed by atoms with Gasteiger partial charge in [0.1, 0.15) is 5.41 Å². The topological polar surface area (TPSA) is 86.7 Å². The molecule has 0 spiro atoms. The second-order valence-corrected chi connectivity index (χ2v) is 7.15. The summed E-state index contributed by atoms with van der Waals surface area (Å²) in [5.41, 5.74) is -0.921. The van der Waals surface area contributed by atoms with E-state index in [0.717, 1.165) is 0 Å². The summed E-state index contributed by atoms with van der Waals surface area (Å²) in [7, 11) is 0. The number of hydrogen-bond donors (Lipinski definition) is 2. The zero-order valence-corrected chi connectivity index (χ0v) is 14.3. The molecular weight excluding hydrogens is 346 g/mol. The SMILES string of the molecule is CC1(C(=O)Nc2ccc(C(=O)N3CCC(C(=O)O)CC3)cc2)CC1(F)F. The minimum Gasteiger partial charge on any atom is -0.481 e. The van der Waals surface area contributed by atoms with E-state index in [1.165, 1.54) is 31.2 Å². The highest BCUT2D eigenvalue weighted by atomic mass is 19.3. The fourth-order valence-corrected chi connectivity index (χ4v) is 3.12. The molecule has 2 fully saturated rings. The Balaban J connectivity index is 1.59. The average Bonchev–Trinajstić information content (AvgIpc) is 3.14. The molecule has 26 heavy (non-hydrogen) atoms. The van der Waals surface area contributed by atoms with Crippen molar-refractivity contribution in [2.24, 2.45) is 11.3 Å². The first-order valence-electron chi connectivity index (χ1n) is 8.45. The van der Waals surface area contributed by atoms with Gasteiger partial charge >= 0.3 is 5.97 Å². The third-order valence-corrected chi connectivity index (χ3v) is 5.28. The molecule has 2 amide bonds. The number of amides is 2. The average molecular weight is 366 g/mol. The standard InChI is InChI=1S/C18H20F2N2O4/c1-17(10-18(17,19)20)16(26)21-13-4-2-11(3-5-13)14(23)22-8-6-12(7-9-22)15(24)25/h2-5,12H,6-10H2,1H3,(H,21,26)(H,24,25). The Morgan fingerprint density at radius 2 is 1.69 bits per heavy atom. The number of piperidine rings is 1. The minimum atomic E-state index is -2.98. The second kappa shape index (κ2) is 6.34. The van der Waals surface area contributed by atoms with Crippen molar-refractivity contribution in [1.82, 2.24) is 4.90 Å². The monoisotopic (exact) mass is 366 g/mol. The van der Waals surface area contributed by atoms with Gasteiger partial charge in [0.05, 0.1) is 5.92 Å². The van der Waals surface area contributed by atoms with Gasteiger partial charge in [0.2, 0.25) is 5.91 Å². The molecule has 0 bridgehead atoms. The molecule has 0 aromatic heterocycles. The molecule has 1 heterocycles. The normalized spacial score (nSPS) is 24.8. The van der Waals surface area contributed by atoms with E-state index in [9.17, 15) is 23.2 Å². The summed E-state index contributed by atoms with van der Waals surface area (Å²) in [6.07, 6.45) is 0.374. The van der Waals surface area contributed by atoms with Crippen LogP contribution in [0.15, 0.2) is 24.3 Å². The Morgan fingerprint density at radius 1 is 1.15 bits per heavy atom. The number of benzene rings is 1. The molecule has 8 heteroatoms. The Hall–Kier alpha value is -2.51. The molecule has 1 aliphatic carbocycles. The molecule has 3 rings (SSSR count). The van der Waals surface area contributed by atoms with Gasteiger partial charge in [-0.25, -0.2) is 8.78 Å². The van der Waals surface area contributed by atoms with Crippen LogP contribution in [0.25, 0.3) is 0 Å². The largest absolute Gasteiger partial charge is 0.481 e. The first-order chi connectivity index (χ1) is 12.1. The fraction of sp³-hybridized carbons (Fsp3) is 0.500. The third kappa shape index (κ3) is 3.27. The van der Waals surface area contributed by atoms with Crippen molar-refractivity contribution >= 4 is 23.5 Å². The molecular formula is C18H20F2N2O4. The van der Waals surface area contributed by atoms with Crippen molar-refractivity contribution in [1.29, 1.82) is 0 Å². The predicted octanol–water partition coefficient (Wildman–Crippen LogP) is 2.61. The number of carboxylic acids is 1. The number of alkyl halides is 2. The molecule has 140 valence electrons. The van der Waals surface area contributed by atoms with Crippen molar-refractivity contribution in [2.75, 3.05) is 18.4 Å². The zero-order chi connectivity index (χ0) is 19.1. The van der Waals surface area contributed by atoms with Crippen LogP contribution in [0.3, 0.4) is 0 Å². The first kappa shape index (κ1) is 18.3. The summed E-state index contributed by atoms with van der Waals surface area (Å²) in [5.74, 6) is -5.19. The van der Waals surface area contributed by atoms with Gasteiger partial charge in [-0.05, 0) is 44.0 Å². The fourth-order valence-electron chi connectivity index (χ4n) is 3.12. The number of carbonyl (C=O) groups is 3. The highest BCUT2D eigenvalue weighted by Crippen LogP contribution is 2.60. The van der Waals surface area contributed by atoms with Gasteiger partial charge in [0.25, 0.3) is 11.8 Å². The summed E-state index contributed by atoms with van der Waals surface area (Å²) in [5, 5.41) is 11.4. The van der Waals surface area contributed by atoms with Gasteiger partial charge in [0, 0.05) is 30.8 Å². The number of anilines is 1. The highest BCUT2D eigenvalue weighted by molar-refractivity contribution is 5.99. The van der Waals surface area contributed by atoms with Crippen molar-refractivity contribution in [2.45, 2.75) is 32.1 Å². The summed E-state index contributed by atoms with van der Waals surface area (Å²) < 4.78 is 26.5. The lowest BCUT2D eigenvalue weighted by molar-refractivity contribution is -0.143. The van der Waals surface area contributed by atoms with Crippen molar-refractivity contribution < 1.29 is 28.3 Å². The number of halogens is 2. The van der Waals surface area contributed by atoms with Crippen LogP contribution in [0.2, 0.25) is 0 Å². The number of nitrogens with one attached hydrogen (secondary N) is 1. The lowest BCUT2D eigenvalue weighted by Crippen LogP contribution is -2.40. The number of rotatable bonds is 4. The minimum absolute atomic E-state index is 0.215. The summed E-state index contributed by atoms with van der Waals surface area (Å²) in [6.45, 7) is 1.98. The van der Waals surface area contributed by atoms with Crippen molar-refractivity contribution in [3.63, 3.8) is 0 Å². The molecule has 0 radical (unpaired) electrons. The molecule has 1 aromatic rings. The third-order valence-electron chi connectivity index (χ3n) is 5.28. The molecule has 1 aromatic carbocycles. The van der Waals surface area contributed by atoms with Crippen LogP contribution in [-0.4, -0.2) is 46.8 Å². The van der Waals surface area contributed by atoms with E-state index in [1.807, 2.05) is 0 Å².